The van der Waals surface area contributed by atoms with Crippen LogP contribution >= 0.6 is 0 Å². The van der Waals surface area contributed by atoms with Crippen molar-refractivity contribution >= 4 is 28.1 Å². The molecular formula is C27H26F2N8O3. The molecule has 0 saturated carbocycles. The predicted molar refractivity (Wildman–Crippen MR) is 143 cm³/mol. The smallest absolute Gasteiger partial charge is 0.296 e. The summed E-state index contributed by atoms with van der Waals surface area (Å²) in [5, 5.41) is 7.76. The van der Waals surface area contributed by atoms with E-state index in [0.29, 0.717) is 52.0 Å². The SMILES string of the molecule is COc1ccc2ncnc(Nc3ccc(Oc4cc5ncnn5cn4)c(C)c3)c2c1O[C@@H]1CCN(C)CC1(F)F. The first-order chi connectivity index (χ1) is 19.3. The number of alkyl halides is 2. The maximum absolute atomic E-state index is 14.9. The molecular weight excluding hydrogens is 522 g/mol. The lowest BCUT2D eigenvalue weighted by Gasteiger charge is -2.36. The molecule has 0 amide bonds. The average Bonchev–Trinajstić information content (AvgIpc) is 3.39. The largest absolute Gasteiger partial charge is 0.493 e. The van der Waals surface area contributed by atoms with E-state index in [0.717, 1.165) is 5.56 Å². The Bertz CT molecular complexity index is 1700. The van der Waals surface area contributed by atoms with Crippen LogP contribution in [0.5, 0.6) is 23.1 Å². The number of nitrogens with zero attached hydrogens (tertiary/aromatic N) is 7. The number of methoxy groups -OCH3 is 1. The molecule has 13 heteroatoms. The summed E-state index contributed by atoms with van der Waals surface area (Å²) in [7, 11) is 3.14. The molecule has 206 valence electrons. The number of fused-ring (bicyclic) bond motifs is 2. The molecule has 1 fully saturated rings. The minimum absolute atomic E-state index is 0.166. The van der Waals surface area contributed by atoms with Crippen LogP contribution in [0, 0.1) is 6.92 Å². The first-order valence-electron chi connectivity index (χ1n) is 12.6. The van der Waals surface area contributed by atoms with Crippen molar-refractivity contribution in [1.29, 1.82) is 0 Å². The molecule has 0 aliphatic carbocycles. The molecule has 1 aliphatic heterocycles. The molecule has 0 radical (unpaired) electrons. The molecule has 3 aromatic heterocycles. The van der Waals surface area contributed by atoms with Crippen molar-refractivity contribution in [2.24, 2.45) is 0 Å². The van der Waals surface area contributed by atoms with Crippen molar-refractivity contribution < 1.29 is 23.0 Å². The van der Waals surface area contributed by atoms with Gasteiger partial charge in [-0.05, 0) is 49.9 Å². The first kappa shape index (κ1) is 25.6. The van der Waals surface area contributed by atoms with E-state index in [1.54, 1.807) is 40.7 Å². The zero-order valence-electron chi connectivity index (χ0n) is 22.0. The number of anilines is 2. The lowest BCUT2D eigenvalue weighted by molar-refractivity contribution is -0.135. The molecule has 2 aromatic carbocycles. The van der Waals surface area contributed by atoms with Crippen LogP contribution in [0.1, 0.15) is 12.0 Å². The van der Waals surface area contributed by atoms with Crippen molar-refractivity contribution in [1.82, 2.24) is 34.4 Å². The summed E-state index contributed by atoms with van der Waals surface area (Å²) in [4.78, 5) is 18.7. The number of nitrogens with one attached hydrogen (secondary N) is 1. The van der Waals surface area contributed by atoms with Crippen LogP contribution in [-0.4, -0.2) is 73.7 Å². The number of likely N-dealkylation sites (tertiary alicyclic amines) is 1. The Morgan fingerprint density at radius 2 is 1.88 bits per heavy atom. The number of ether oxygens (including phenoxy) is 3. The van der Waals surface area contributed by atoms with E-state index in [1.807, 2.05) is 19.1 Å². The Morgan fingerprint density at radius 1 is 1.02 bits per heavy atom. The number of hydrogen-bond donors (Lipinski definition) is 1. The van der Waals surface area contributed by atoms with Crippen molar-refractivity contribution in [3.63, 3.8) is 0 Å². The van der Waals surface area contributed by atoms with Crippen molar-refractivity contribution in [3.8, 4) is 23.1 Å². The summed E-state index contributed by atoms with van der Waals surface area (Å²) in [5.41, 5.74) is 2.66. The van der Waals surface area contributed by atoms with Gasteiger partial charge in [-0.25, -0.2) is 33.2 Å². The van der Waals surface area contributed by atoms with Gasteiger partial charge in [-0.1, -0.05) is 0 Å². The molecule has 1 N–H and O–H groups in total. The highest BCUT2D eigenvalue weighted by Gasteiger charge is 2.46. The maximum atomic E-state index is 14.9. The second-order valence-electron chi connectivity index (χ2n) is 9.60. The lowest BCUT2D eigenvalue weighted by atomic mass is 10.0. The Labute approximate surface area is 227 Å². The van der Waals surface area contributed by atoms with E-state index in [4.69, 9.17) is 14.2 Å². The van der Waals surface area contributed by atoms with Gasteiger partial charge in [0.25, 0.3) is 5.92 Å². The van der Waals surface area contributed by atoms with Crippen LogP contribution in [0.4, 0.5) is 20.3 Å². The number of rotatable bonds is 7. The summed E-state index contributed by atoms with van der Waals surface area (Å²) in [6.45, 7) is 2.00. The summed E-state index contributed by atoms with van der Waals surface area (Å²) in [6, 6.07) is 10.6. The fourth-order valence-electron chi connectivity index (χ4n) is 4.71. The van der Waals surface area contributed by atoms with Gasteiger partial charge in [-0.3, -0.25) is 0 Å². The maximum Gasteiger partial charge on any atom is 0.296 e. The number of halogens is 2. The van der Waals surface area contributed by atoms with E-state index in [9.17, 15) is 8.78 Å². The third-order valence-electron chi connectivity index (χ3n) is 6.72. The zero-order valence-corrected chi connectivity index (χ0v) is 22.0. The van der Waals surface area contributed by atoms with Crippen LogP contribution < -0.4 is 19.5 Å². The Balaban J connectivity index is 1.31. The second-order valence-corrected chi connectivity index (χ2v) is 9.60. The number of aromatic nitrogens is 6. The van der Waals surface area contributed by atoms with Crippen LogP contribution in [0.2, 0.25) is 0 Å². The van der Waals surface area contributed by atoms with E-state index in [-0.39, 0.29) is 18.7 Å². The fourth-order valence-corrected chi connectivity index (χ4v) is 4.71. The van der Waals surface area contributed by atoms with Gasteiger partial charge in [0.05, 0.1) is 24.6 Å². The second kappa shape index (κ2) is 10.2. The van der Waals surface area contributed by atoms with Crippen LogP contribution in [0.3, 0.4) is 0 Å². The molecule has 0 spiro atoms. The van der Waals surface area contributed by atoms with Crippen LogP contribution in [-0.2, 0) is 0 Å². The minimum Gasteiger partial charge on any atom is -0.493 e. The van der Waals surface area contributed by atoms with Crippen LogP contribution in [0.25, 0.3) is 16.6 Å². The summed E-state index contributed by atoms with van der Waals surface area (Å²) < 4.78 is 48.8. The van der Waals surface area contributed by atoms with Gasteiger partial charge in [0, 0.05) is 24.7 Å². The van der Waals surface area contributed by atoms with Gasteiger partial charge in [0.15, 0.2) is 23.3 Å². The van der Waals surface area contributed by atoms with E-state index in [2.05, 4.69) is 30.4 Å². The molecule has 1 aliphatic rings. The van der Waals surface area contributed by atoms with Crippen LogP contribution in [0.15, 0.2) is 55.4 Å². The van der Waals surface area contributed by atoms with E-state index < -0.39 is 12.0 Å². The van der Waals surface area contributed by atoms with Gasteiger partial charge >= 0.3 is 0 Å². The molecule has 5 aromatic rings. The summed E-state index contributed by atoms with van der Waals surface area (Å²) in [5.74, 6) is -1.18. The van der Waals surface area contributed by atoms with Crippen molar-refractivity contribution in [3.05, 3.63) is 60.9 Å². The quantitative estimate of drug-likeness (QED) is 0.309. The topological polar surface area (TPSA) is 112 Å². The van der Waals surface area contributed by atoms with Gasteiger partial charge in [-0.2, -0.15) is 5.10 Å². The van der Waals surface area contributed by atoms with Gasteiger partial charge in [0.2, 0.25) is 5.88 Å². The van der Waals surface area contributed by atoms with Gasteiger partial charge < -0.3 is 24.4 Å². The predicted octanol–water partition coefficient (Wildman–Crippen LogP) is 4.64. The molecule has 1 saturated heterocycles. The lowest BCUT2D eigenvalue weighted by Crippen LogP contribution is -2.52. The highest BCUT2D eigenvalue weighted by molar-refractivity contribution is 5.97. The fraction of sp³-hybridized carbons (Fsp3) is 0.296. The summed E-state index contributed by atoms with van der Waals surface area (Å²) in [6.07, 6.45) is 3.22. The standard InChI is InChI=1S/C27H26F2N8O3/c1-16-10-17(4-6-19(16)39-23-11-22-31-14-34-37(22)15-33-23)35-26-24-18(30-13-32-26)5-7-20(38-3)25(24)40-21-8-9-36(2)12-27(21,28)29/h4-7,10-11,13-15,21H,8-9,12H2,1-3H3,(H,30,32,35)/t21-/m1/s1. The molecule has 0 bridgehead atoms. The zero-order chi connectivity index (χ0) is 27.9. The molecule has 0 unspecified atom stereocenters. The third-order valence-corrected chi connectivity index (χ3v) is 6.72. The normalized spacial score (nSPS) is 17.2. The highest BCUT2D eigenvalue weighted by Crippen LogP contribution is 2.42. The highest BCUT2D eigenvalue weighted by atomic mass is 19.3. The average molecular weight is 549 g/mol. The number of benzene rings is 2. The number of piperidine rings is 1. The van der Waals surface area contributed by atoms with Gasteiger partial charge in [0.1, 0.15) is 30.5 Å². The Hall–Kier alpha value is -4.65. The molecule has 6 rings (SSSR count). The third kappa shape index (κ3) is 4.91. The van der Waals surface area contributed by atoms with Crippen molar-refractivity contribution in [2.45, 2.75) is 25.4 Å². The van der Waals surface area contributed by atoms with Gasteiger partial charge in [-0.15, -0.1) is 0 Å². The summed E-state index contributed by atoms with van der Waals surface area (Å²) >= 11 is 0. The molecule has 4 heterocycles. The Morgan fingerprint density at radius 3 is 2.67 bits per heavy atom. The monoisotopic (exact) mass is 548 g/mol. The van der Waals surface area contributed by atoms with E-state index >= 15 is 0 Å². The molecule has 40 heavy (non-hydrogen) atoms. The minimum atomic E-state index is -3.04. The number of aryl methyl sites for hydroxylation is 1. The van der Waals surface area contributed by atoms with Crippen molar-refractivity contribution in [2.75, 3.05) is 32.6 Å². The number of hydrogen-bond acceptors (Lipinski definition) is 10. The first-order valence-corrected chi connectivity index (χ1v) is 12.6. The molecule has 11 nitrogen and oxygen atoms in total. The Kier molecular flexibility index (Phi) is 6.50. The molecule has 1 atom stereocenters. The van der Waals surface area contributed by atoms with E-state index in [1.165, 1.54) is 26.1 Å².